The predicted molar refractivity (Wildman–Crippen MR) is 87.4 cm³/mol. The molecule has 0 saturated carbocycles. The first-order valence-corrected chi connectivity index (χ1v) is 7.91. The lowest BCUT2D eigenvalue weighted by atomic mass is 10.1. The summed E-state index contributed by atoms with van der Waals surface area (Å²) in [7, 11) is 0. The van der Waals surface area contributed by atoms with Crippen molar-refractivity contribution in [3.63, 3.8) is 0 Å². The zero-order chi connectivity index (χ0) is 15.0. The molecule has 0 atom stereocenters. The highest BCUT2D eigenvalue weighted by atomic mass is 35.5. The van der Waals surface area contributed by atoms with Gasteiger partial charge in [0.25, 0.3) is 0 Å². The highest BCUT2D eigenvalue weighted by molar-refractivity contribution is 7.16. The summed E-state index contributed by atoms with van der Waals surface area (Å²) in [4.78, 5) is 9.69. The van der Waals surface area contributed by atoms with Crippen LogP contribution in [0.4, 0.5) is 0 Å². The van der Waals surface area contributed by atoms with Crippen molar-refractivity contribution < 1.29 is 4.74 Å². The quantitative estimate of drug-likeness (QED) is 0.647. The number of hydrogen-bond acceptors (Lipinski definition) is 4. The molecule has 1 aromatic carbocycles. The van der Waals surface area contributed by atoms with Crippen molar-refractivity contribution in [3.8, 4) is 5.75 Å². The highest BCUT2D eigenvalue weighted by Gasteiger charge is 2.10. The first kappa shape index (κ1) is 14.3. The molecule has 108 valence electrons. The average molecular weight is 319 g/mol. The summed E-state index contributed by atoms with van der Waals surface area (Å²) in [6.07, 6.45) is 0. The summed E-state index contributed by atoms with van der Waals surface area (Å²) in [5, 5.41) is 3.34. The van der Waals surface area contributed by atoms with Gasteiger partial charge in [0.05, 0.1) is 0 Å². The maximum absolute atomic E-state index is 6.17. The molecule has 0 radical (unpaired) electrons. The van der Waals surface area contributed by atoms with Gasteiger partial charge in [-0.15, -0.1) is 11.3 Å². The molecule has 2 aromatic heterocycles. The largest absolute Gasteiger partial charge is 0.485 e. The van der Waals surface area contributed by atoms with Crippen LogP contribution in [0.15, 0.2) is 23.6 Å². The Labute approximate surface area is 132 Å². The van der Waals surface area contributed by atoms with Crippen LogP contribution >= 0.6 is 22.9 Å². The number of fused-ring (bicyclic) bond motifs is 1. The van der Waals surface area contributed by atoms with E-state index in [1.165, 1.54) is 5.56 Å². The zero-order valence-corrected chi connectivity index (χ0v) is 13.7. The van der Waals surface area contributed by atoms with E-state index in [0.29, 0.717) is 17.6 Å². The summed E-state index contributed by atoms with van der Waals surface area (Å²) >= 11 is 7.73. The van der Waals surface area contributed by atoms with Gasteiger partial charge in [-0.05, 0) is 48.9 Å². The standard InChI is InChI=1S/C16H15ClN2OS/c1-9-4-5-10(2)14(11(9)3)20-8-13-18-15(17)12-6-7-21-16(12)19-13/h4-7H,8H2,1-3H3. The van der Waals surface area contributed by atoms with Gasteiger partial charge in [-0.3, -0.25) is 0 Å². The molecule has 0 bridgehead atoms. The second kappa shape index (κ2) is 5.62. The SMILES string of the molecule is Cc1ccc(C)c(OCc2nc(Cl)c3ccsc3n2)c1C. The molecular weight excluding hydrogens is 304 g/mol. The minimum Gasteiger partial charge on any atom is -0.485 e. The molecule has 5 heteroatoms. The fourth-order valence-corrected chi connectivity index (χ4v) is 3.30. The molecule has 3 rings (SSSR count). The predicted octanol–water partition coefficient (Wildman–Crippen LogP) is 4.85. The van der Waals surface area contributed by atoms with Gasteiger partial charge in [0.1, 0.15) is 22.3 Å². The third-order valence-corrected chi connectivity index (χ3v) is 4.64. The smallest absolute Gasteiger partial charge is 0.169 e. The minimum atomic E-state index is 0.318. The van der Waals surface area contributed by atoms with Crippen molar-refractivity contribution >= 4 is 33.2 Å². The average Bonchev–Trinajstić information content (AvgIpc) is 2.92. The lowest BCUT2D eigenvalue weighted by Crippen LogP contribution is -2.04. The van der Waals surface area contributed by atoms with Crippen LogP contribution in [-0.2, 0) is 6.61 Å². The monoisotopic (exact) mass is 318 g/mol. The third-order valence-electron chi connectivity index (χ3n) is 3.54. The van der Waals surface area contributed by atoms with Gasteiger partial charge in [0.2, 0.25) is 0 Å². The molecule has 0 unspecified atom stereocenters. The Morgan fingerprint density at radius 1 is 1.10 bits per heavy atom. The molecule has 3 nitrogen and oxygen atoms in total. The Balaban J connectivity index is 1.88. The second-order valence-electron chi connectivity index (χ2n) is 5.01. The van der Waals surface area contributed by atoms with Crippen molar-refractivity contribution in [2.24, 2.45) is 0 Å². The molecule has 21 heavy (non-hydrogen) atoms. The maximum atomic E-state index is 6.17. The van der Waals surface area contributed by atoms with Gasteiger partial charge in [0.15, 0.2) is 5.82 Å². The van der Waals surface area contributed by atoms with Crippen LogP contribution < -0.4 is 4.74 Å². The zero-order valence-electron chi connectivity index (χ0n) is 12.1. The van der Waals surface area contributed by atoms with Gasteiger partial charge in [-0.2, -0.15) is 0 Å². The van der Waals surface area contributed by atoms with Crippen LogP contribution in [0.1, 0.15) is 22.5 Å². The first-order valence-electron chi connectivity index (χ1n) is 6.65. The van der Waals surface area contributed by atoms with Gasteiger partial charge in [0, 0.05) is 5.39 Å². The van der Waals surface area contributed by atoms with E-state index in [9.17, 15) is 0 Å². The number of aryl methyl sites for hydroxylation is 2. The summed E-state index contributed by atoms with van der Waals surface area (Å²) < 4.78 is 5.94. The van der Waals surface area contributed by atoms with Crippen LogP contribution in [0.3, 0.4) is 0 Å². The van der Waals surface area contributed by atoms with Crippen LogP contribution in [0.5, 0.6) is 5.75 Å². The molecule has 0 fully saturated rings. The fourth-order valence-electron chi connectivity index (χ4n) is 2.21. The van der Waals surface area contributed by atoms with E-state index >= 15 is 0 Å². The molecular formula is C16H15ClN2OS. The van der Waals surface area contributed by atoms with E-state index in [-0.39, 0.29) is 0 Å². The fraction of sp³-hybridized carbons (Fsp3) is 0.250. The molecule has 3 aromatic rings. The molecule has 0 aliphatic rings. The number of aromatic nitrogens is 2. The lowest BCUT2D eigenvalue weighted by Gasteiger charge is -2.13. The Morgan fingerprint density at radius 3 is 2.67 bits per heavy atom. The molecule has 0 spiro atoms. The van der Waals surface area contributed by atoms with E-state index in [4.69, 9.17) is 16.3 Å². The van der Waals surface area contributed by atoms with E-state index < -0.39 is 0 Å². The van der Waals surface area contributed by atoms with Gasteiger partial charge < -0.3 is 4.74 Å². The lowest BCUT2D eigenvalue weighted by molar-refractivity contribution is 0.292. The highest BCUT2D eigenvalue weighted by Crippen LogP contribution is 2.28. The van der Waals surface area contributed by atoms with Crippen LogP contribution in [0, 0.1) is 20.8 Å². The normalized spacial score (nSPS) is 11.0. The van der Waals surface area contributed by atoms with E-state index in [2.05, 4.69) is 35.9 Å². The molecule has 0 aliphatic carbocycles. The van der Waals surface area contributed by atoms with E-state index in [1.54, 1.807) is 11.3 Å². The van der Waals surface area contributed by atoms with Crippen LogP contribution in [0.2, 0.25) is 5.15 Å². The number of benzene rings is 1. The Hall–Kier alpha value is -1.65. The maximum Gasteiger partial charge on any atom is 0.169 e. The molecule has 0 amide bonds. The number of halogens is 1. The Kier molecular flexibility index (Phi) is 3.83. The number of thiophene rings is 1. The van der Waals surface area contributed by atoms with E-state index in [0.717, 1.165) is 27.1 Å². The number of ether oxygens (including phenoxy) is 1. The molecule has 0 aliphatic heterocycles. The van der Waals surface area contributed by atoms with Gasteiger partial charge >= 0.3 is 0 Å². The minimum absolute atomic E-state index is 0.318. The second-order valence-corrected chi connectivity index (χ2v) is 6.26. The molecule has 0 N–H and O–H groups in total. The topological polar surface area (TPSA) is 35.0 Å². The Morgan fingerprint density at radius 2 is 1.86 bits per heavy atom. The molecule has 2 heterocycles. The Bertz CT molecular complexity index is 813. The van der Waals surface area contributed by atoms with E-state index in [1.807, 2.05) is 18.4 Å². The van der Waals surface area contributed by atoms with Crippen molar-refractivity contribution in [2.75, 3.05) is 0 Å². The van der Waals surface area contributed by atoms with Crippen LogP contribution in [0.25, 0.3) is 10.2 Å². The third kappa shape index (κ3) is 2.74. The summed E-state index contributed by atoms with van der Waals surface area (Å²) in [6, 6.07) is 6.10. The van der Waals surface area contributed by atoms with Crippen molar-refractivity contribution in [2.45, 2.75) is 27.4 Å². The van der Waals surface area contributed by atoms with Crippen molar-refractivity contribution in [1.82, 2.24) is 9.97 Å². The van der Waals surface area contributed by atoms with Gasteiger partial charge in [-0.25, -0.2) is 9.97 Å². The van der Waals surface area contributed by atoms with Gasteiger partial charge in [-0.1, -0.05) is 23.7 Å². The summed E-state index contributed by atoms with van der Waals surface area (Å²) in [6.45, 7) is 6.50. The number of hydrogen-bond donors (Lipinski definition) is 0. The molecule has 0 saturated heterocycles. The van der Waals surface area contributed by atoms with Crippen LogP contribution in [-0.4, -0.2) is 9.97 Å². The summed E-state index contributed by atoms with van der Waals surface area (Å²) in [5.41, 5.74) is 3.47. The summed E-state index contributed by atoms with van der Waals surface area (Å²) in [5.74, 6) is 1.51. The first-order chi connectivity index (χ1) is 10.1. The number of rotatable bonds is 3. The number of nitrogens with zero attached hydrogens (tertiary/aromatic N) is 2. The van der Waals surface area contributed by atoms with Crippen molar-refractivity contribution in [3.05, 3.63) is 51.2 Å². The van der Waals surface area contributed by atoms with Crippen molar-refractivity contribution in [1.29, 1.82) is 0 Å².